The van der Waals surface area contributed by atoms with Crippen LogP contribution < -0.4 is 5.32 Å². The molecule has 108 valence electrons. The molecule has 1 unspecified atom stereocenters. The number of nitrogens with zero attached hydrogens (tertiary/aromatic N) is 1. The summed E-state index contributed by atoms with van der Waals surface area (Å²) in [6, 6.07) is 8.34. The molecule has 0 aliphatic heterocycles. The van der Waals surface area contributed by atoms with Gasteiger partial charge in [0.05, 0.1) is 11.6 Å². The zero-order valence-electron chi connectivity index (χ0n) is 12.9. The first kappa shape index (κ1) is 16.0. The van der Waals surface area contributed by atoms with Crippen molar-refractivity contribution < 1.29 is 5.11 Å². The summed E-state index contributed by atoms with van der Waals surface area (Å²) in [5, 5.41) is 13.5. The molecular formula is C16H28N2O. The molecule has 3 nitrogen and oxygen atoms in total. The first-order chi connectivity index (χ1) is 8.88. The lowest BCUT2D eigenvalue weighted by molar-refractivity contribution is 0.0648. The van der Waals surface area contributed by atoms with Crippen molar-refractivity contribution in [3.05, 3.63) is 29.8 Å². The van der Waals surface area contributed by atoms with Crippen LogP contribution in [0.25, 0.3) is 0 Å². The van der Waals surface area contributed by atoms with Crippen LogP contribution in [0.1, 0.15) is 40.2 Å². The third kappa shape index (κ3) is 4.84. The Morgan fingerprint density at radius 3 is 2.32 bits per heavy atom. The number of hydrogen-bond donors (Lipinski definition) is 2. The molecule has 0 fully saturated rings. The lowest BCUT2D eigenvalue weighted by Crippen LogP contribution is -2.39. The van der Waals surface area contributed by atoms with Gasteiger partial charge in [0.1, 0.15) is 0 Å². The third-order valence-corrected chi connectivity index (χ3v) is 3.74. The van der Waals surface area contributed by atoms with Crippen LogP contribution in [-0.4, -0.2) is 34.7 Å². The molecule has 0 aliphatic carbocycles. The highest BCUT2D eigenvalue weighted by Gasteiger charge is 2.22. The second-order valence-corrected chi connectivity index (χ2v) is 5.64. The van der Waals surface area contributed by atoms with Gasteiger partial charge in [0.2, 0.25) is 0 Å². The maximum Gasteiger partial charge on any atom is 0.0789 e. The summed E-state index contributed by atoms with van der Waals surface area (Å²) in [7, 11) is 0. The normalized spacial score (nSPS) is 13.6. The van der Waals surface area contributed by atoms with Crippen molar-refractivity contribution in [1.82, 2.24) is 4.90 Å². The molecule has 0 radical (unpaired) electrons. The first-order valence-electron chi connectivity index (χ1n) is 7.17. The summed E-state index contributed by atoms with van der Waals surface area (Å²) in [6.07, 6.45) is 0. The number of aliphatic hydroxyl groups is 1. The fourth-order valence-electron chi connectivity index (χ4n) is 1.90. The van der Waals surface area contributed by atoms with Crippen LogP contribution in [0.5, 0.6) is 0 Å². The molecule has 1 aromatic carbocycles. The quantitative estimate of drug-likeness (QED) is 0.794. The molecule has 1 rings (SSSR count). The van der Waals surface area contributed by atoms with Crippen LogP contribution in [0.4, 0.5) is 5.69 Å². The highest BCUT2D eigenvalue weighted by Crippen LogP contribution is 2.21. The predicted octanol–water partition coefficient (Wildman–Crippen LogP) is 3.10. The topological polar surface area (TPSA) is 35.5 Å². The Morgan fingerprint density at radius 1 is 1.21 bits per heavy atom. The summed E-state index contributed by atoms with van der Waals surface area (Å²) in [6.45, 7) is 13.1. The molecule has 3 heteroatoms. The molecule has 0 spiro atoms. The van der Waals surface area contributed by atoms with Gasteiger partial charge in [-0.1, -0.05) is 32.0 Å². The van der Waals surface area contributed by atoms with Crippen LogP contribution in [0.15, 0.2) is 24.3 Å². The average molecular weight is 264 g/mol. The molecule has 0 aromatic heterocycles. The van der Waals surface area contributed by atoms with Crippen molar-refractivity contribution >= 4 is 5.69 Å². The SMILES string of the molecule is CCN(CC)Cc1ccccc1NC(C)C(C)(C)O. The Labute approximate surface area is 117 Å². The molecule has 0 heterocycles. The van der Waals surface area contributed by atoms with E-state index in [4.69, 9.17) is 0 Å². The Morgan fingerprint density at radius 2 is 1.79 bits per heavy atom. The van der Waals surface area contributed by atoms with Gasteiger partial charge < -0.3 is 10.4 Å². The largest absolute Gasteiger partial charge is 0.388 e. The summed E-state index contributed by atoms with van der Waals surface area (Å²) >= 11 is 0. The molecule has 0 saturated heterocycles. The van der Waals surface area contributed by atoms with Crippen molar-refractivity contribution in [3.8, 4) is 0 Å². The van der Waals surface area contributed by atoms with Crippen molar-refractivity contribution in [2.24, 2.45) is 0 Å². The van der Waals surface area contributed by atoms with Crippen LogP contribution >= 0.6 is 0 Å². The summed E-state index contributed by atoms with van der Waals surface area (Å²) in [4.78, 5) is 2.38. The minimum absolute atomic E-state index is 0.00496. The summed E-state index contributed by atoms with van der Waals surface area (Å²) in [5.41, 5.74) is 1.66. The van der Waals surface area contributed by atoms with Gasteiger partial charge in [-0.2, -0.15) is 0 Å². The second kappa shape index (κ2) is 6.92. The van der Waals surface area contributed by atoms with Gasteiger partial charge in [-0.3, -0.25) is 4.90 Å². The van der Waals surface area contributed by atoms with E-state index in [0.717, 1.165) is 25.3 Å². The van der Waals surface area contributed by atoms with Gasteiger partial charge in [-0.15, -0.1) is 0 Å². The maximum absolute atomic E-state index is 10.0. The lowest BCUT2D eigenvalue weighted by atomic mass is 10.00. The Balaban J connectivity index is 2.84. The van der Waals surface area contributed by atoms with E-state index >= 15 is 0 Å². The zero-order chi connectivity index (χ0) is 14.5. The van der Waals surface area contributed by atoms with Gasteiger partial charge in [0.25, 0.3) is 0 Å². The van der Waals surface area contributed by atoms with Crippen molar-refractivity contribution in [2.45, 2.75) is 52.8 Å². The monoisotopic (exact) mass is 264 g/mol. The highest BCUT2D eigenvalue weighted by atomic mass is 16.3. The number of nitrogens with one attached hydrogen (secondary N) is 1. The van der Waals surface area contributed by atoms with E-state index < -0.39 is 5.60 Å². The Hall–Kier alpha value is -1.06. The smallest absolute Gasteiger partial charge is 0.0789 e. The predicted molar refractivity (Wildman–Crippen MR) is 82.4 cm³/mol. The molecule has 1 atom stereocenters. The number of hydrogen-bond acceptors (Lipinski definition) is 3. The number of para-hydroxylation sites is 1. The van der Waals surface area contributed by atoms with Crippen molar-refractivity contribution in [2.75, 3.05) is 18.4 Å². The third-order valence-electron chi connectivity index (χ3n) is 3.74. The molecular weight excluding hydrogens is 236 g/mol. The molecule has 19 heavy (non-hydrogen) atoms. The van der Waals surface area contributed by atoms with Gasteiger partial charge in [0.15, 0.2) is 0 Å². The second-order valence-electron chi connectivity index (χ2n) is 5.64. The van der Waals surface area contributed by atoms with Crippen molar-refractivity contribution in [3.63, 3.8) is 0 Å². The minimum Gasteiger partial charge on any atom is -0.388 e. The number of rotatable bonds is 7. The van der Waals surface area contributed by atoms with Gasteiger partial charge >= 0.3 is 0 Å². The van der Waals surface area contributed by atoms with Gasteiger partial charge in [-0.25, -0.2) is 0 Å². The van der Waals surface area contributed by atoms with Crippen LogP contribution in [0.2, 0.25) is 0 Å². The molecule has 1 aromatic rings. The molecule has 0 saturated carbocycles. The van der Waals surface area contributed by atoms with E-state index in [1.165, 1.54) is 5.56 Å². The summed E-state index contributed by atoms with van der Waals surface area (Å²) in [5.74, 6) is 0. The Bertz CT molecular complexity index is 381. The van der Waals surface area contributed by atoms with Crippen LogP contribution in [-0.2, 0) is 6.54 Å². The molecule has 2 N–H and O–H groups in total. The molecule has 0 bridgehead atoms. The minimum atomic E-state index is -0.734. The Kier molecular flexibility index (Phi) is 5.83. The van der Waals surface area contributed by atoms with E-state index in [2.05, 4.69) is 42.3 Å². The lowest BCUT2D eigenvalue weighted by Gasteiger charge is -2.29. The fraction of sp³-hybridized carbons (Fsp3) is 0.625. The molecule has 0 amide bonds. The van der Waals surface area contributed by atoms with Crippen LogP contribution in [0, 0.1) is 0 Å². The summed E-state index contributed by atoms with van der Waals surface area (Å²) < 4.78 is 0. The standard InChI is InChI=1S/C16H28N2O/c1-6-18(7-2)12-14-10-8-9-11-15(14)17-13(3)16(4,5)19/h8-11,13,17,19H,6-7,12H2,1-5H3. The number of anilines is 1. The first-order valence-corrected chi connectivity index (χ1v) is 7.17. The maximum atomic E-state index is 10.0. The highest BCUT2D eigenvalue weighted by molar-refractivity contribution is 5.52. The fourth-order valence-corrected chi connectivity index (χ4v) is 1.90. The number of benzene rings is 1. The van der Waals surface area contributed by atoms with Crippen LogP contribution in [0.3, 0.4) is 0 Å². The van der Waals surface area contributed by atoms with E-state index in [1.54, 1.807) is 0 Å². The van der Waals surface area contributed by atoms with E-state index in [1.807, 2.05) is 26.8 Å². The van der Waals surface area contributed by atoms with E-state index in [0.29, 0.717) is 0 Å². The van der Waals surface area contributed by atoms with E-state index in [-0.39, 0.29) is 6.04 Å². The average Bonchev–Trinajstić information content (AvgIpc) is 2.36. The molecule has 0 aliphatic rings. The van der Waals surface area contributed by atoms with E-state index in [9.17, 15) is 5.11 Å². The zero-order valence-corrected chi connectivity index (χ0v) is 12.9. The van der Waals surface area contributed by atoms with Crippen molar-refractivity contribution in [1.29, 1.82) is 0 Å². The van der Waals surface area contributed by atoms with Gasteiger partial charge in [-0.05, 0) is 45.5 Å². The van der Waals surface area contributed by atoms with Gasteiger partial charge in [0, 0.05) is 12.2 Å².